The van der Waals surface area contributed by atoms with Crippen LogP contribution in [0.3, 0.4) is 0 Å². The van der Waals surface area contributed by atoms with E-state index in [2.05, 4.69) is 38.2 Å². The second kappa shape index (κ2) is 13.4. The third kappa shape index (κ3) is 10.8. The molecular weight excluding hydrogens is 296 g/mol. The molecule has 1 aliphatic rings. The van der Waals surface area contributed by atoms with Crippen LogP contribution in [0.4, 0.5) is 0 Å². The van der Waals surface area contributed by atoms with Crippen molar-refractivity contribution in [3.63, 3.8) is 0 Å². The maximum Gasteiger partial charge on any atom is 0.161 e. The highest BCUT2D eigenvalue weighted by Crippen LogP contribution is 2.16. The number of Topliss-reactive ketones (excluding diaryl/α,β-unsaturated/α-hetero) is 1. The maximum absolute atomic E-state index is 12.1. The van der Waals surface area contributed by atoms with Crippen LogP contribution in [0, 0.1) is 11.8 Å². The Morgan fingerprint density at radius 1 is 0.792 bits per heavy atom. The fourth-order valence-corrected chi connectivity index (χ4v) is 3.33. The molecule has 0 amide bonds. The minimum Gasteiger partial charge on any atom is -0.385 e. The Kier molecular flexibility index (Phi) is 11.8. The fourth-order valence-electron chi connectivity index (χ4n) is 3.33. The van der Waals surface area contributed by atoms with E-state index in [-0.39, 0.29) is 17.6 Å². The van der Waals surface area contributed by atoms with Crippen molar-refractivity contribution in [2.24, 2.45) is 11.8 Å². The van der Waals surface area contributed by atoms with Crippen molar-refractivity contribution in [2.45, 2.75) is 97.0 Å². The highest BCUT2D eigenvalue weighted by molar-refractivity contribution is 5.83. The number of carbonyl (C=O) groups is 1. The number of carbonyl (C=O) groups excluding carboxylic acids is 1. The van der Waals surface area contributed by atoms with Gasteiger partial charge in [0.2, 0.25) is 0 Å². The molecular formula is C22H38O2. The van der Waals surface area contributed by atoms with Crippen LogP contribution in [0.1, 0.15) is 90.9 Å². The first-order valence-electron chi connectivity index (χ1n) is 10.1. The second-order valence-corrected chi connectivity index (χ2v) is 7.64. The van der Waals surface area contributed by atoms with Gasteiger partial charge in [0.15, 0.2) is 5.78 Å². The van der Waals surface area contributed by atoms with Crippen LogP contribution in [-0.4, -0.2) is 17.0 Å². The van der Waals surface area contributed by atoms with Gasteiger partial charge in [0.1, 0.15) is 6.10 Å². The van der Waals surface area contributed by atoms with Crippen LogP contribution in [0.5, 0.6) is 0 Å². The average molecular weight is 335 g/mol. The number of hydrogen-bond acceptors (Lipinski definition) is 2. The normalized spacial score (nSPS) is 32.8. The van der Waals surface area contributed by atoms with Gasteiger partial charge in [-0.05, 0) is 43.9 Å². The number of allylic oxidation sites excluding steroid dienone is 4. The van der Waals surface area contributed by atoms with Crippen LogP contribution in [0.2, 0.25) is 0 Å². The number of ketones is 1. The lowest BCUT2D eigenvalue weighted by atomic mass is 9.94. The number of aliphatic hydroxyl groups excluding tert-OH is 1. The Balaban J connectivity index is 2.48. The Hall–Kier alpha value is -0.890. The lowest BCUT2D eigenvalue weighted by Crippen LogP contribution is -2.23. The molecule has 2 nitrogen and oxygen atoms in total. The van der Waals surface area contributed by atoms with E-state index in [0.717, 1.165) is 12.8 Å². The second-order valence-electron chi connectivity index (χ2n) is 7.64. The maximum atomic E-state index is 12.1. The van der Waals surface area contributed by atoms with Crippen molar-refractivity contribution >= 4 is 5.78 Å². The first kappa shape index (κ1) is 21.2. The van der Waals surface area contributed by atoms with Crippen molar-refractivity contribution in [3.05, 3.63) is 24.3 Å². The zero-order chi connectivity index (χ0) is 17.6. The summed E-state index contributed by atoms with van der Waals surface area (Å²) in [7, 11) is 0. The van der Waals surface area contributed by atoms with E-state index < -0.39 is 6.10 Å². The minimum absolute atomic E-state index is 0.0122. The van der Waals surface area contributed by atoms with Gasteiger partial charge in [-0.3, -0.25) is 4.79 Å². The molecule has 0 aromatic carbocycles. The largest absolute Gasteiger partial charge is 0.385 e. The van der Waals surface area contributed by atoms with Gasteiger partial charge < -0.3 is 5.11 Å². The Morgan fingerprint density at radius 2 is 1.25 bits per heavy atom. The van der Waals surface area contributed by atoms with Crippen molar-refractivity contribution in [2.75, 3.05) is 0 Å². The monoisotopic (exact) mass is 334 g/mol. The van der Waals surface area contributed by atoms with Crippen LogP contribution in [-0.2, 0) is 4.79 Å². The average Bonchev–Trinajstić information content (AvgIpc) is 2.54. The molecule has 0 aliphatic heterocycles. The van der Waals surface area contributed by atoms with Crippen molar-refractivity contribution in [3.8, 4) is 0 Å². The standard InChI is InChI=1S/C22H38O2/c1-19-15-13-11-9-7-5-3-4-6-8-10-12-14-16-20(2)18-22(24)21(23)17-19/h13-16,19-21,23H,3-12,17-18H2,1-2H3/b15-13+,16-14+. The molecule has 0 saturated carbocycles. The van der Waals surface area contributed by atoms with Crippen molar-refractivity contribution in [1.29, 1.82) is 0 Å². The third-order valence-electron chi connectivity index (χ3n) is 4.91. The molecule has 2 heteroatoms. The van der Waals surface area contributed by atoms with E-state index in [4.69, 9.17) is 0 Å². The van der Waals surface area contributed by atoms with E-state index in [1.54, 1.807) is 0 Å². The summed E-state index contributed by atoms with van der Waals surface area (Å²) in [4.78, 5) is 12.1. The van der Waals surface area contributed by atoms with Gasteiger partial charge in [-0.1, -0.05) is 76.7 Å². The Bertz CT molecular complexity index is 383. The molecule has 138 valence electrons. The fraction of sp³-hybridized carbons (Fsp3) is 0.773. The zero-order valence-corrected chi connectivity index (χ0v) is 15.9. The third-order valence-corrected chi connectivity index (χ3v) is 4.91. The van der Waals surface area contributed by atoms with Crippen LogP contribution in [0.15, 0.2) is 24.3 Å². The topological polar surface area (TPSA) is 37.3 Å². The summed E-state index contributed by atoms with van der Waals surface area (Å²) in [5.41, 5.74) is 0. The molecule has 3 unspecified atom stereocenters. The van der Waals surface area contributed by atoms with Gasteiger partial charge in [-0.2, -0.15) is 0 Å². The SMILES string of the molecule is CC1/C=C/CCCCCCCCCC/C=C/C(C)CC(O)C(=O)C1. The summed E-state index contributed by atoms with van der Waals surface area (Å²) in [5.74, 6) is 0.478. The van der Waals surface area contributed by atoms with E-state index in [1.807, 2.05) is 0 Å². The predicted molar refractivity (Wildman–Crippen MR) is 103 cm³/mol. The molecule has 24 heavy (non-hydrogen) atoms. The summed E-state index contributed by atoms with van der Waals surface area (Å²) < 4.78 is 0. The van der Waals surface area contributed by atoms with Crippen molar-refractivity contribution < 1.29 is 9.90 Å². The van der Waals surface area contributed by atoms with Crippen LogP contribution in [0.25, 0.3) is 0 Å². The number of rotatable bonds is 0. The Morgan fingerprint density at radius 3 is 1.79 bits per heavy atom. The number of aliphatic hydroxyl groups is 1. The van der Waals surface area contributed by atoms with E-state index in [0.29, 0.717) is 12.8 Å². The van der Waals surface area contributed by atoms with Gasteiger partial charge in [0.25, 0.3) is 0 Å². The van der Waals surface area contributed by atoms with E-state index in [9.17, 15) is 9.90 Å². The first-order valence-corrected chi connectivity index (χ1v) is 10.1. The molecule has 0 heterocycles. The van der Waals surface area contributed by atoms with Gasteiger partial charge in [0.05, 0.1) is 0 Å². The lowest BCUT2D eigenvalue weighted by Gasteiger charge is -2.14. The first-order chi connectivity index (χ1) is 11.6. The van der Waals surface area contributed by atoms with Gasteiger partial charge >= 0.3 is 0 Å². The molecule has 0 fully saturated rings. The van der Waals surface area contributed by atoms with Crippen LogP contribution >= 0.6 is 0 Å². The summed E-state index contributed by atoms with van der Waals surface area (Å²) in [6, 6.07) is 0. The minimum atomic E-state index is -0.814. The zero-order valence-electron chi connectivity index (χ0n) is 15.9. The summed E-state index contributed by atoms with van der Waals surface area (Å²) in [6.45, 7) is 4.15. The predicted octanol–water partition coefficient (Wildman–Crippen LogP) is 6.00. The molecule has 0 radical (unpaired) electrons. The number of hydrogen-bond donors (Lipinski definition) is 1. The smallest absolute Gasteiger partial charge is 0.161 e. The molecule has 1 N–H and O–H groups in total. The molecule has 1 aliphatic carbocycles. The van der Waals surface area contributed by atoms with E-state index in [1.165, 1.54) is 51.4 Å². The summed E-state index contributed by atoms with van der Waals surface area (Å²) in [5, 5.41) is 10.1. The van der Waals surface area contributed by atoms with Gasteiger partial charge in [0, 0.05) is 6.42 Å². The molecule has 0 bridgehead atoms. The van der Waals surface area contributed by atoms with Crippen molar-refractivity contribution in [1.82, 2.24) is 0 Å². The van der Waals surface area contributed by atoms with Gasteiger partial charge in [-0.15, -0.1) is 0 Å². The highest BCUT2D eigenvalue weighted by Gasteiger charge is 2.18. The molecule has 0 aromatic rings. The van der Waals surface area contributed by atoms with Gasteiger partial charge in [-0.25, -0.2) is 0 Å². The lowest BCUT2D eigenvalue weighted by molar-refractivity contribution is -0.128. The molecule has 0 spiro atoms. The molecule has 0 saturated heterocycles. The molecule has 0 aromatic heterocycles. The highest BCUT2D eigenvalue weighted by atomic mass is 16.3. The summed E-state index contributed by atoms with van der Waals surface area (Å²) >= 11 is 0. The Labute approximate surface area is 149 Å². The quantitative estimate of drug-likeness (QED) is 0.552. The summed E-state index contributed by atoms with van der Waals surface area (Å²) in [6.07, 6.45) is 21.8. The van der Waals surface area contributed by atoms with E-state index >= 15 is 0 Å². The molecule has 1 rings (SSSR count). The van der Waals surface area contributed by atoms with Crippen LogP contribution < -0.4 is 0 Å². The molecule has 3 atom stereocenters.